The van der Waals surface area contributed by atoms with Crippen LogP contribution in [0.25, 0.3) is 0 Å². The van der Waals surface area contributed by atoms with E-state index >= 15 is 0 Å². The number of hydrogen-bond acceptors (Lipinski definition) is 8. The zero-order valence-corrected chi connectivity index (χ0v) is 18.4. The van der Waals surface area contributed by atoms with Crippen molar-refractivity contribution in [2.75, 3.05) is 6.61 Å². The third-order valence-electron chi connectivity index (χ3n) is 5.01. The zero-order valence-electron chi connectivity index (χ0n) is 18.4. The Balaban J connectivity index is 2.98. The number of carboxylic acid groups (broad SMARTS) is 1. The summed E-state index contributed by atoms with van der Waals surface area (Å²) in [5.41, 5.74) is 11.3. The number of primary amides is 1. The van der Waals surface area contributed by atoms with Crippen LogP contribution < -0.4 is 27.4 Å². The second kappa shape index (κ2) is 13.1. The van der Waals surface area contributed by atoms with Gasteiger partial charge in [-0.3, -0.25) is 19.2 Å². The van der Waals surface area contributed by atoms with Crippen molar-refractivity contribution in [1.29, 1.82) is 0 Å². The largest absolute Gasteiger partial charge is 0.480 e. The maximum absolute atomic E-state index is 12.7. The molecule has 0 aliphatic heterocycles. The fraction of sp³-hybridized carbons (Fsp3) is 0.579. The Bertz CT molecular complexity index is 830. The molecule has 184 valence electrons. The van der Waals surface area contributed by atoms with E-state index in [1.165, 1.54) is 12.5 Å². The van der Waals surface area contributed by atoms with Crippen molar-refractivity contribution in [1.82, 2.24) is 25.9 Å². The Morgan fingerprint density at radius 1 is 1.06 bits per heavy atom. The van der Waals surface area contributed by atoms with Gasteiger partial charge in [0.2, 0.25) is 23.6 Å². The van der Waals surface area contributed by atoms with E-state index in [0.717, 1.165) is 0 Å². The van der Waals surface area contributed by atoms with Crippen LogP contribution in [0.3, 0.4) is 0 Å². The number of aromatic nitrogens is 2. The summed E-state index contributed by atoms with van der Waals surface area (Å²) >= 11 is 0. The third-order valence-corrected chi connectivity index (χ3v) is 5.01. The molecule has 10 N–H and O–H groups in total. The van der Waals surface area contributed by atoms with Gasteiger partial charge < -0.3 is 42.6 Å². The summed E-state index contributed by atoms with van der Waals surface area (Å²) in [6.45, 7) is 2.83. The molecule has 1 aromatic heterocycles. The molecule has 5 atom stereocenters. The molecule has 0 aromatic carbocycles. The van der Waals surface area contributed by atoms with Gasteiger partial charge in [0.15, 0.2) is 0 Å². The van der Waals surface area contributed by atoms with E-state index in [4.69, 9.17) is 11.5 Å². The number of H-pyrrole nitrogens is 1. The van der Waals surface area contributed by atoms with Crippen LogP contribution in [0.4, 0.5) is 0 Å². The lowest BCUT2D eigenvalue weighted by atomic mass is 9.99. The number of carbonyl (C=O) groups is 5. The molecule has 0 aliphatic carbocycles. The molecule has 33 heavy (non-hydrogen) atoms. The first-order valence-electron chi connectivity index (χ1n) is 10.3. The molecule has 1 aromatic rings. The highest BCUT2D eigenvalue weighted by molar-refractivity contribution is 5.95. The predicted octanol–water partition coefficient (Wildman–Crippen LogP) is -3.27. The molecule has 0 aliphatic rings. The van der Waals surface area contributed by atoms with Crippen LogP contribution >= 0.6 is 0 Å². The molecule has 0 saturated carbocycles. The van der Waals surface area contributed by atoms with E-state index in [-0.39, 0.29) is 12.3 Å². The summed E-state index contributed by atoms with van der Waals surface area (Å²) in [6.07, 6.45) is 2.56. The number of rotatable bonds is 14. The highest BCUT2D eigenvalue weighted by Gasteiger charge is 2.31. The minimum absolute atomic E-state index is 0.126. The SMILES string of the molecule is CCC(C)C(N)C(=O)NC(CO)C(=O)NC(Cc1cnc[nH]1)C(=O)NC(CC(N)=O)C(=O)O. The van der Waals surface area contributed by atoms with Crippen LogP contribution in [-0.4, -0.2) is 80.6 Å². The van der Waals surface area contributed by atoms with Crippen LogP contribution in [0.5, 0.6) is 0 Å². The van der Waals surface area contributed by atoms with Crippen LogP contribution in [0.1, 0.15) is 32.4 Å². The van der Waals surface area contributed by atoms with Gasteiger partial charge in [-0.1, -0.05) is 20.3 Å². The smallest absolute Gasteiger partial charge is 0.326 e. The maximum Gasteiger partial charge on any atom is 0.326 e. The maximum atomic E-state index is 12.7. The van der Waals surface area contributed by atoms with Crippen molar-refractivity contribution in [2.24, 2.45) is 17.4 Å². The number of aliphatic hydroxyl groups is 1. The number of carbonyl (C=O) groups excluding carboxylic acids is 4. The van der Waals surface area contributed by atoms with Crippen molar-refractivity contribution >= 4 is 29.6 Å². The summed E-state index contributed by atoms with van der Waals surface area (Å²) in [7, 11) is 0. The molecule has 0 bridgehead atoms. The number of imidazole rings is 1. The average Bonchev–Trinajstić information content (AvgIpc) is 3.27. The van der Waals surface area contributed by atoms with E-state index < -0.39 is 66.8 Å². The van der Waals surface area contributed by atoms with E-state index in [2.05, 4.69) is 25.9 Å². The number of nitrogens with two attached hydrogens (primary N) is 2. The first-order valence-corrected chi connectivity index (χ1v) is 10.3. The van der Waals surface area contributed by atoms with E-state index in [9.17, 15) is 34.2 Å². The second-order valence-corrected chi connectivity index (χ2v) is 7.57. The summed E-state index contributed by atoms with van der Waals surface area (Å²) in [5, 5.41) is 25.7. The van der Waals surface area contributed by atoms with E-state index in [0.29, 0.717) is 12.1 Å². The molecule has 1 heterocycles. The Kier molecular flexibility index (Phi) is 10.9. The van der Waals surface area contributed by atoms with E-state index in [1.54, 1.807) is 6.92 Å². The first-order chi connectivity index (χ1) is 15.5. The van der Waals surface area contributed by atoms with Crippen molar-refractivity contribution in [3.8, 4) is 0 Å². The molecular weight excluding hydrogens is 438 g/mol. The normalized spacial score (nSPS) is 15.4. The molecule has 5 unspecified atom stereocenters. The number of hydrogen-bond donors (Lipinski definition) is 8. The molecule has 4 amide bonds. The van der Waals surface area contributed by atoms with Gasteiger partial charge in [0.05, 0.1) is 25.4 Å². The Morgan fingerprint density at radius 3 is 2.12 bits per heavy atom. The Labute approximate surface area is 189 Å². The fourth-order valence-electron chi connectivity index (χ4n) is 2.75. The zero-order chi connectivity index (χ0) is 25.1. The van der Waals surface area contributed by atoms with Crippen LogP contribution in [0.15, 0.2) is 12.5 Å². The minimum atomic E-state index is -1.61. The number of amides is 4. The van der Waals surface area contributed by atoms with Crippen molar-refractivity contribution in [3.05, 3.63) is 18.2 Å². The monoisotopic (exact) mass is 469 g/mol. The topological polar surface area (TPSA) is 243 Å². The van der Waals surface area contributed by atoms with Gasteiger partial charge >= 0.3 is 5.97 Å². The van der Waals surface area contributed by atoms with Crippen LogP contribution in [-0.2, 0) is 30.4 Å². The fourth-order valence-corrected chi connectivity index (χ4v) is 2.75. The highest BCUT2D eigenvalue weighted by atomic mass is 16.4. The lowest BCUT2D eigenvalue weighted by Crippen LogP contribution is -2.59. The molecule has 0 saturated heterocycles. The van der Waals surface area contributed by atoms with Crippen molar-refractivity contribution in [3.63, 3.8) is 0 Å². The summed E-state index contributed by atoms with van der Waals surface area (Å²) < 4.78 is 0. The second-order valence-electron chi connectivity index (χ2n) is 7.57. The predicted molar refractivity (Wildman–Crippen MR) is 114 cm³/mol. The van der Waals surface area contributed by atoms with Crippen LogP contribution in [0, 0.1) is 5.92 Å². The molecule has 0 spiro atoms. The standard InChI is InChI=1S/C19H31N7O7/c1-3-9(2)15(21)18(31)26-13(7-27)17(30)24-11(4-10-6-22-8-23-10)16(29)25-12(19(32)33)5-14(20)28/h6,8-9,11-13,15,27H,3-5,7,21H2,1-2H3,(H2,20,28)(H,22,23)(H,24,30)(H,25,29)(H,26,31)(H,32,33). The molecular formula is C19H31N7O7. The number of nitrogens with zero attached hydrogens (tertiary/aromatic N) is 1. The number of nitrogens with one attached hydrogen (secondary N) is 4. The highest BCUT2D eigenvalue weighted by Crippen LogP contribution is 2.06. The summed E-state index contributed by atoms with van der Waals surface area (Å²) in [5.74, 6) is -5.09. The molecule has 0 fully saturated rings. The van der Waals surface area contributed by atoms with Gasteiger partial charge in [-0.2, -0.15) is 0 Å². The quantitative estimate of drug-likeness (QED) is 0.136. The lowest BCUT2D eigenvalue weighted by molar-refractivity contribution is -0.143. The van der Waals surface area contributed by atoms with Gasteiger partial charge in [0, 0.05) is 18.3 Å². The third kappa shape index (κ3) is 8.86. The molecule has 1 rings (SSSR count). The Hall–Kier alpha value is -3.52. The van der Waals surface area contributed by atoms with Crippen LogP contribution in [0.2, 0.25) is 0 Å². The van der Waals surface area contributed by atoms with Crippen molar-refractivity contribution < 1.29 is 34.2 Å². The van der Waals surface area contributed by atoms with Gasteiger partial charge in [0.1, 0.15) is 18.1 Å². The van der Waals surface area contributed by atoms with Gasteiger partial charge in [-0.15, -0.1) is 0 Å². The molecule has 14 nitrogen and oxygen atoms in total. The molecule has 0 radical (unpaired) electrons. The van der Waals surface area contributed by atoms with E-state index in [1.807, 2.05) is 6.92 Å². The van der Waals surface area contributed by atoms with Gasteiger partial charge in [-0.05, 0) is 5.92 Å². The van der Waals surface area contributed by atoms with Gasteiger partial charge in [0.25, 0.3) is 0 Å². The molecule has 14 heteroatoms. The summed E-state index contributed by atoms with van der Waals surface area (Å²) in [4.78, 5) is 66.7. The first kappa shape index (κ1) is 27.5. The number of aliphatic hydroxyl groups excluding tert-OH is 1. The average molecular weight is 469 g/mol. The minimum Gasteiger partial charge on any atom is -0.480 e. The number of aliphatic carboxylic acids is 1. The van der Waals surface area contributed by atoms with Crippen molar-refractivity contribution in [2.45, 2.75) is 57.3 Å². The number of carboxylic acids is 1. The Morgan fingerprint density at radius 2 is 1.64 bits per heavy atom. The lowest BCUT2D eigenvalue weighted by Gasteiger charge is -2.25. The summed E-state index contributed by atoms with van der Waals surface area (Å²) in [6, 6.07) is -5.27. The van der Waals surface area contributed by atoms with Gasteiger partial charge in [-0.25, -0.2) is 9.78 Å². The number of aromatic amines is 1.